The van der Waals surface area contributed by atoms with Crippen molar-refractivity contribution in [2.45, 2.75) is 26.2 Å². The minimum atomic E-state index is -0.272. The van der Waals surface area contributed by atoms with E-state index >= 15 is 0 Å². The second-order valence-electron chi connectivity index (χ2n) is 10.5. The maximum Gasteiger partial charge on any atom is 0.131 e. The fraction of sp³-hybridized carbons (Fsp3) is 0.114. The van der Waals surface area contributed by atoms with E-state index in [0.717, 1.165) is 32.5 Å². The Bertz CT molecular complexity index is 1820. The number of fused-ring (bicyclic) bond motifs is 3. The first-order chi connectivity index (χ1) is 19.4. The summed E-state index contributed by atoms with van der Waals surface area (Å²) in [5.41, 5.74) is 9.83. The standard InChI is InChI=1S/C35H26N4S/c1-23-9-13-27(14-10-23)39(28-15-11-26(12-16-28)25-7-5-4-6-8-25)29-18-31-33(38-22-29)34-32(35(31,2)3)19-30(40-34)17-24(20-36)21-37/h4-19,22H,1-3H3. The van der Waals surface area contributed by atoms with Gasteiger partial charge in [0, 0.05) is 21.7 Å². The highest BCUT2D eigenvalue weighted by Gasteiger charge is 2.39. The summed E-state index contributed by atoms with van der Waals surface area (Å²) in [5.74, 6) is 0. The summed E-state index contributed by atoms with van der Waals surface area (Å²) in [6.07, 6.45) is 3.60. The van der Waals surface area contributed by atoms with Crippen molar-refractivity contribution in [1.29, 1.82) is 10.5 Å². The molecule has 0 saturated heterocycles. The highest BCUT2D eigenvalue weighted by Crippen LogP contribution is 2.53. The number of aromatic nitrogens is 1. The van der Waals surface area contributed by atoms with Gasteiger partial charge in [0.2, 0.25) is 0 Å². The third kappa shape index (κ3) is 4.37. The molecule has 1 aliphatic carbocycles. The largest absolute Gasteiger partial charge is 0.309 e. The molecular formula is C35H26N4S. The zero-order valence-electron chi connectivity index (χ0n) is 22.5. The third-order valence-corrected chi connectivity index (χ3v) is 8.59. The number of pyridine rings is 1. The second kappa shape index (κ2) is 9.97. The molecule has 40 heavy (non-hydrogen) atoms. The van der Waals surface area contributed by atoms with Gasteiger partial charge in [0.15, 0.2) is 0 Å². The highest BCUT2D eigenvalue weighted by molar-refractivity contribution is 7.16. The Morgan fingerprint density at radius 1 is 0.800 bits per heavy atom. The van der Waals surface area contributed by atoms with Gasteiger partial charge in [-0.2, -0.15) is 10.5 Å². The van der Waals surface area contributed by atoms with Crippen molar-refractivity contribution in [3.05, 3.63) is 124 Å². The average molecular weight is 535 g/mol. The van der Waals surface area contributed by atoms with Crippen LogP contribution in [0.4, 0.5) is 17.1 Å². The van der Waals surface area contributed by atoms with E-state index in [4.69, 9.17) is 4.98 Å². The average Bonchev–Trinajstić information content (AvgIpc) is 3.50. The monoisotopic (exact) mass is 534 g/mol. The maximum atomic E-state index is 9.20. The summed E-state index contributed by atoms with van der Waals surface area (Å²) in [6.45, 7) is 6.52. The number of nitriles is 2. The molecule has 3 aromatic carbocycles. The summed E-state index contributed by atoms with van der Waals surface area (Å²) in [5, 5.41) is 18.4. The zero-order valence-corrected chi connectivity index (χ0v) is 23.3. The quantitative estimate of drug-likeness (QED) is 0.211. The Morgan fingerprint density at radius 3 is 2.08 bits per heavy atom. The molecule has 0 aliphatic heterocycles. The molecule has 0 unspecified atom stereocenters. The predicted molar refractivity (Wildman–Crippen MR) is 164 cm³/mol. The highest BCUT2D eigenvalue weighted by atomic mass is 32.1. The molecule has 6 rings (SSSR count). The van der Waals surface area contributed by atoms with Crippen molar-refractivity contribution in [3.63, 3.8) is 0 Å². The fourth-order valence-corrected chi connectivity index (χ4v) is 6.58. The zero-order chi connectivity index (χ0) is 27.9. The molecular weight excluding hydrogens is 508 g/mol. The first-order valence-corrected chi connectivity index (χ1v) is 13.9. The lowest BCUT2D eigenvalue weighted by Crippen LogP contribution is -2.17. The lowest BCUT2D eigenvalue weighted by molar-refractivity contribution is 0.660. The lowest BCUT2D eigenvalue weighted by Gasteiger charge is -2.28. The molecule has 0 radical (unpaired) electrons. The van der Waals surface area contributed by atoms with Gasteiger partial charge in [-0.15, -0.1) is 11.3 Å². The van der Waals surface area contributed by atoms with E-state index in [0.29, 0.717) is 0 Å². The van der Waals surface area contributed by atoms with Gasteiger partial charge in [0.25, 0.3) is 0 Å². The van der Waals surface area contributed by atoms with Gasteiger partial charge in [-0.05, 0) is 71.7 Å². The van der Waals surface area contributed by atoms with Gasteiger partial charge in [-0.1, -0.05) is 74.0 Å². The van der Waals surface area contributed by atoms with Crippen molar-refractivity contribution < 1.29 is 0 Å². The van der Waals surface area contributed by atoms with Gasteiger partial charge in [0.1, 0.15) is 17.7 Å². The van der Waals surface area contributed by atoms with Gasteiger partial charge >= 0.3 is 0 Å². The summed E-state index contributed by atoms with van der Waals surface area (Å²) < 4.78 is 0. The molecule has 0 fully saturated rings. The Hall–Kier alpha value is -4.97. The summed E-state index contributed by atoms with van der Waals surface area (Å²) in [6, 6.07) is 35.9. The van der Waals surface area contributed by atoms with Gasteiger partial charge in [0.05, 0.1) is 22.5 Å². The fourth-order valence-electron chi connectivity index (χ4n) is 5.31. The van der Waals surface area contributed by atoms with Gasteiger partial charge in [-0.25, -0.2) is 0 Å². The molecule has 192 valence electrons. The summed E-state index contributed by atoms with van der Waals surface area (Å²) >= 11 is 1.58. The number of allylic oxidation sites excluding steroid dienone is 1. The molecule has 2 aromatic heterocycles. The van der Waals surface area contributed by atoms with E-state index in [9.17, 15) is 10.5 Å². The van der Waals surface area contributed by atoms with Gasteiger partial charge in [-0.3, -0.25) is 4.98 Å². The summed E-state index contributed by atoms with van der Waals surface area (Å²) in [7, 11) is 0. The van der Waals surface area contributed by atoms with Crippen LogP contribution in [-0.4, -0.2) is 4.98 Å². The number of aryl methyl sites for hydroxylation is 1. The van der Waals surface area contributed by atoms with Crippen LogP contribution < -0.4 is 4.90 Å². The van der Waals surface area contributed by atoms with Crippen LogP contribution in [0.3, 0.4) is 0 Å². The van der Waals surface area contributed by atoms with Crippen LogP contribution in [0.2, 0.25) is 0 Å². The molecule has 2 heterocycles. The van der Waals surface area contributed by atoms with E-state index < -0.39 is 0 Å². The van der Waals surface area contributed by atoms with Crippen LogP contribution in [0, 0.1) is 29.6 Å². The van der Waals surface area contributed by atoms with Crippen molar-refractivity contribution in [2.24, 2.45) is 0 Å². The second-order valence-corrected chi connectivity index (χ2v) is 11.6. The number of nitrogens with zero attached hydrogens (tertiary/aromatic N) is 4. The molecule has 1 aliphatic rings. The van der Waals surface area contributed by atoms with E-state index in [1.807, 2.05) is 24.4 Å². The number of hydrogen-bond donors (Lipinski definition) is 0. The molecule has 5 aromatic rings. The normalized spacial score (nSPS) is 12.5. The Morgan fingerprint density at radius 2 is 1.43 bits per heavy atom. The van der Waals surface area contributed by atoms with Crippen molar-refractivity contribution >= 4 is 34.5 Å². The SMILES string of the molecule is Cc1ccc(N(c2ccc(-c3ccccc3)cc2)c2cnc3c(c2)C(C)(C)c2cc(C=C(C#N)C#N)sc2-3)cc1. The van der Waals surface area contributed by atoms with Crippen LogP contribution in [-0.2, 0) is 5.41 Å². The molecule has 0 spiro atoms. The van der Waals surface area contributed by atoms with Crippen LogP contribution in [0.25, 0.3) is 27.8 Å². The number of rotatable bonds is 5. The van der Waals surface area contributed by atoms with E-state index in [1.165, 1.54) is 27.8 Å². The number of benzene rings is 3. The topological polar surface area (TPSA) is 63.7 Å². The molecule has 0 saturated carbocycles. The first-order valence-electron chi connectivity index (χ1n) is 13.1. The predicted octanol–water partition coefficient (Wildman–Crippen LogP) is 9.33. The lowest BCUT2D eigenvalue weighted by atomic mass is 9.83. The third-order valence-electron chi connectivity index (χ3n) is 7.50. The number of anilines is 3. The molecule has 4 nitrogen and oxygen atoms in total. The minimum Gasteiger partial charge on any atom is -0.309 e. The Balaban J connectivity index is 1.44. The minimum absolute atomic E-state index is 0.105. The van der Waals surface area contributed by atoms with Crippen LogP contribution in [0.1, 0.15) is 35.4 Å². The van der Waals surface area contributed by atoms with Gasteiger partial charge < -0.3 is 4.90 Å². The molecule has 0 atom stereocenters. The first kappa shape index (κ1) is 25.3. The van der Waals surface area contributed by atoms with Crippen molar-refractivity contribution in [3.8, 4) is 33.8 Å². The summed E-state index contributed by atoms with van der Waals surface area (Å²) in [4.78, 5) is 9.25. The van der Waals surface area contributed by atoms with Crippen LogP contribution >= 0.6 is 11.3 Å². The molecule has 5 heteroatoms. The van der Waals surface area contributed by atoms with E-state index in [1.54, 1.807) is 17.4 Å². The van der Waals surface area contributed by atoms with E-state index in [2.05, 4.69) is 111 Å². The number of hydrogen-bond acceptors (Lipinski definition) is 5. The van der Waals surface area contributed by atoms with Crippen molar-refractivity contribution in [2.75, 3.05) is 4.90 Å². The van der Waals surface area contributed by atoms with Crippen LogP contribution in [0.5, 0.6) is 0 Å². The molecule has 0 amide bonds. The maximum absolute atomic E-state index is 9.20. The molecule has 0 N–H and O–H groups in total. The van der Waals surface area contributed by atoms with E-state index in [-0.39, 0.29) is 11.0 Å². The molecule has 0 bridgehead atoms. The van der Waals surface area contributed by atoms with Crippen molar-refractivity contribution in [1.82, 2.24) is 4.98 Å². The Kier molecular flexibility index (Phi) is 6.31. The Labute approximate surface area is 238 Å². The smallest absolute Gasteiger partial charge is 0.131 e. The van der Waals surface area contributed by atoms with Crippen LogP contribution in [0.15, 0.2) is 103 Å². The number of thiophene rings is 1.